The van der Waals surface area contributed by atoms with Gasteiger partial charge in [-0.3, -0.25) is 4.79 Å². The maximum atomic E-state index is 12.0. The predicted molar refractivity (Wildman–Crippen MR) is 190 cm³/mol. The van der Waals surface area contributed by atoms with Crippen molar-refractivity contribution in [1.29, 1.82) is 0 Å². The molecule has 0 aromatic carbocycles. The van der Waals surface area contributed by atoms with Crippen LogP contribution in [0.2, 0.25) is 0 Å². The first-order valence-electron chi connectivity index (χ1n) is 19.3. The number of esters is 1. The van der Waals surface area contributed by atoms with Crippen LogP contribution >= 0.6 is 0 Å². The highest BCUT2D eigenvalue weighted by molar-refractivity contribution is 5.69. The summed E-state index contributed by atoms with van der Waals surface area (Å²) in [5.41, 5.74) is 0. The van der Waals surface area contributed by atoms with Gasteiger partial charge in [-0.05, 0) is 64.2 Å². The third-order valence-electron chi connectivity index (χ3n) is 8.64. The van der Waals surface area contributed by atoms with E-state index < -0.39 is 0 Å². The van der Waals surface area contributed by atoms with Gasteiger partial charge in [0.2, 0.25) is 0 Å². The Morgan fingerprint density at radius 3 is 1.42 bits per heavy atom. The molecule has 0 fully saturated rings. The largest absolute Gasteiger partial charge is 0.466 e. The van der Waals surface area contributed by atoms with E-state index in [0.29, 0.717) is 13.0 Å². The zero-order valence-electron chi connectivity index (χ0n) is 29.3. The monoisotopic (exact) mass is 605 g/mol. The molecule has 0 aliphatic carbocycles. The molecular formula is C40H76O3. The molecule has 0 aromatic rings. The Labute approximate surface area is 270 Å². The van der Waals surface area contributed by atoms with Crippen molar-refractivity contribution in [3.8, 4) is 0 Å². The van der Waals surface area contributed by atoms with Crippen molar-refractivity contribution >= 4 is 5.97 Å². The standard InChI is InChI=1S/C40H76O3/c1-3-5-7-9-10-11-12-13-14-15-16-17-18-19-20-23-26-29-33-37-40(42)43-38-34-30-27-24-21-22-25-28-32-36-39(41)35-31-8-6-4-2/h13-14,28,32,39,41H,3-12,15-27,29-31,33-38H2,1-2H3/t39-/m1/s1. The molecule has 3 nitrogen and oxygen atoms in total. The molecule has 3 heteroatoms. The fourth-order valence-electron chi connectivity index (χ4n) is 5.67. The van der Waals surface area contributed by atoms with E-state index in [4.69, 9.17) is 4.74 Å². The van der Waals surface area contributed by atoms with Gasteiger partial charge in [0.05, 0.1) is 12.7 Å². The molecule has 0 unspecified atom stereocenters. The van der Waals surface area contributed by atoms with E-state index in [9.17, 15) is 9.90 Å². The van der Waals surface area contributed by atoms with E-state index in [2.05, 4.69) is 38.2 Å². The summed E-state index contributed by atoms with van der Waals surface area (Å²) in [5.74, 6) is -0.00103. The Balaban J connectivity index is 3.26. The lowest BCUT2D eigenvalue weighted by molar-refractivity contribution is -0.143. The summed E-state index contributed by atoms with van der Waals surface area (Å²) in [6, 6.07) is 0. The van der Waals surface area contributed by atoms with Crippen molar-refractivity contribution in [2.45, 2.75) is 219 Å². The zero-order valence-corrected chi connectivity index (χ0v) is 29.3. The van der Waals surface area contributed by atoms with Crippen molar-refractivity contribution in [3.05, 3.63) is 24.3 Å². The van der Waals surface area contributed by atoms with Gasteiger partial charge in [-0.2, -0.15) is 0 Å². The van der Waals surface area contributed by atoms with Crippen LogP contribution < -0.4 is 0 Å². The lowest BCUT2D eigenvalue weighted by Gasteiger charge is -2.07. The Hall–Kier alpha value is -1.09. The number of aliphatic hydroxyl groups is 1. The smallest absolute Gasteiger partial charge is 0.305 e. The van der Waals surface area contributed by atoms with Crippen LogP contribution in [0.4, 0.5) is 0 Å². The zero-order chi connectivity index (χ0) is 31.3. The first-order chi connectivity index (χ1) is 21.2. The summed E-state index contributed by atoms with van der Waals surface area (Å²) < 4.78 is 5.43. The fourth-order valence-corrected chi connectivity index (χ4v) is 5.67. The highest BCUT2D eigenvalue weighted by Crippen LogP contribution is 2.14. The molecule has 43 heavy (non-hydrogen) atoms. The second-order valence-corrected chi connectivity index (χ2v) is 13.1. The van der Waals surface area contributed by atoms with Crippen LogP contribution in [0.5, 0.6) is 0 Å². The van der Waals surface area contributed by atoms with Crippen molar-refractivity contribution in [1.82, 2.24) is 0 Å². The molecule has 0 saturated carbocycles. The maximum Gasteiger partial charge on any atom is 0.305 e. The lowest BCUT2D eigenvalue weighted by atomic mass is 10.1. The quantitative estimate of drug-likeness (QED) is 0.0444. The van der Waals surface area contributed by atoms with E-state index in [1.54, 1.807) is 0 Å². The molecule has 1 N–H and O–H groups in total. The summed E-state index contributed by atoms with van der Waals surface area (Å²) in [6.07, 6.45) is 47.0. The second kappa shape index (κ2) is 37.1. The number of aliphatic hydroxyl groups excluding tert-OH is 1. The Morgan fingerprint density at radius 1 is 0.512 bits per heavy atom. The first kappa shape index (κ1) is 41.9. The van der Waals surface area contributed by atoms with Gasteiger partial charge < -0.3 is 9.84 Å². The van der Waals surface area contributed by atoms with Crippen molar-refractivity contribution < 1.29 is 14.6 Å². The SMILES string of the molecule is CCCCCCCCC=CCCCCCCCCCCCC(=O)OCCCCCCCCC=CC[C@H](O)CCCCCC. The van der Waals surface area contributed by atoms with Gasteiger partial charge in [-0.25, -0.2) is 0 Å². The van der Waals surface area contributed by atoms with Gasteiger partial charge >= 0.3 is 5.97 Å². The normalized spacial score (nSPS) is 12.5. The molecule has 254 valence electrons. The van der Waals surface area contributed by atoms with Crippen molar-refractivity contribution in [3.63, 3.8) is 0 Å². The molecule has 0 aliphatic rings. The average molecular weight is 605 g/mol. The van der Waals surface area contributed by atoms with E-state index in [1.165, 1.54) is 141 Å². The number of hydrogen-bond donors (Lipinski definition) is 1. The van der Waals surface area contributed by atoms with Crippen LogP contribution in [0.25, 0.3) is 0 Å². The summed E-state index contributed by atoms with van der Waals surface area (Å²) in [6.45, 7) is 5.10. The van der Waals surface area contributed by atoms with Crippen LogP contribution in [0.1, 0.15) is 213 Å². The van der Waals surface area contributed by atoms with Gasteiger partial charge in [0.15, 0.2) is 0 Å². The summed E-state index contributed by atoms with van der Waals surface area (Å²) >= 11 is 0. The van der Waals surface area contributed by atoms with Crippen LogP contribution in [0.3, 0.4) is 0 Å². The minimum Gasteiger partial charge on any atom is -0.466 e. The van der Waals surface area contributed by atoms with Crippen LogP contribution in [-0.2, 0) is 9.53 Å². The van der Waals surface area contributed by atoms with Gasteiger partial charge in [0, 0.05) is 6.42 Å². The average Bonchev–Trinajstić information content (AvgIpc) is 3.01. The fraction of sp³-hybridized carbons (Fsp3) is 0.875. The van der Waals surface area contributed by atoms with E-state index >= 15 is 0 Å². The van der Waals surface area contributed by atoms with E-state index in [0.717, 1.165) is 51.4 Å². The number of unbranched alkanes of at least 4 members (excludes halogenated alkanes) is 24. The Morgan fingerprint density at radius 2 is 0.907 bits per heavy atom. The molecule has 0 spiro atoms. The highest BCUT2D eigenvalue weighted by Gasteiger charge is 2.03. The molecule has 0 heterocycles. The van der Waals surface area contributed by atoms with Crippen LogP contribution in [-0.4, -0.2) is 23.8 Å². The van der Waals surface area contributed by atoms with Gasteiger partial charge in [0.1, 0.15) is 0 Å². The molecule has 0 amide bonds. The Kier molecular flexibility index (Phi) is 36.2. The number of allylic oxidation sites excluding steroid dienone is 3. The summed E-state index contributed by atoms with van der Waals surface area (Å²) in [5, 5.41) is 9.99. The lowest BCUT2D eigenvalue weighted by Crippen LogP contribution is -2.05. The topological polar surface area (TPSA) is 46.5 Å². The third-order valence-corrected chi connectivity index (χ3v) is 8.64. The molecule has 1 atom stereocenters. The molecular weight excluding hydrogens is 528 g/mol. The predicted octanol–water partition coefficient (Wildman–Crippen LogP) is 13.1. The highest BCUT2D eigenvalue weighted by atomic mass is 16.5. The summed E-state index contributed by atoms with van der Waals surface area (Å²) in [4.78, 5) is 12.0. The van der Waals surface area contributed by atoms with Crippen molar-refractivity contribution in [2.24, 2.45) is 0 Å². The second-order valence-electron chi connectivity index (χ2n) is 13.1. The van der Waals surface area contributed by atoms with Crippen LogP contribution in [0.15, 0.2) is 24.3 Å². The van der Waals surface area contributed by atoms with E-state index in [1.807, 2.05) is 0 Å². The van der Waals surface area contributed by atoms with E-state index in [-0.39, 0.29) is 12.1 Å². The molecule has 0 bridgehead atoms. The minimum absolute atomic E-state index is 0.00103. The van der Waals surface area contributed by atoms with Gasteiger partial charge in [-0.1, -0.05) is 167 Å². The van der Waals surface area contributed by atoms with Crippen molar-refractivity contribution in [2.75, 3.05) is 6.61 Å². The minimum atomic E-state index is -0.158. The summed E-state index contributed by atoms with van der Waals surface area (Å²) in [7, 11) is 0. The maximum absolute atomic E-state index is 12.0. The van der Waals surface area contributed by atoms with Gasteiger partial charge in [0.25, 0.3) is 0 Å². The molecule has 0 aliphatic heterocycles. The number of carbonyl (C=O) groups is 1. The number of hydrogen-bond acceptors (Lipinski definition) is 3. The number of carbonyl (C=O) groups excluding carboxylic acids is 1. The van der Waals surface area contributed by atoms with Crippen LogP contribution in [0, 0.1) is 0 Å². The number of rotatable bonds is 35. The molecule has 0 rings (SSSR count). The third kappa shape index (κ3) is 37.0. The molecule has 0 radical (unpaired) electrons. The number of ether oxygens (including phenoxy) is 1. The Bertz CT molecular complexity index is 597. The molecule has 0 saturated heterocycles. The first-order valence-corrected chi connectivity index (χ1v) is 19.3. The van der Waals surface area contributed by atoms with Gasteiger partial charge in [-0.15, -0.1) is 0 Å². The molecule has 0 aromatic heterocycles.